The number of sulfonamides is 1. The maximum atomic E-state index is 13.3. The van der Waals surface area contributed by atoms with E-state index in [2.05, 4.69) is 11.0 Å². The first-order valence-corrected chi connectivity index (χ1v) is 12.0. The number of hydrogen-bond acceptors (Lipinski definition) is 4. The highest BCUT2D eigenvalue weighted by atomic mass is 32.2. The zero-order chi connectivity index (χ0) is 21.3. The number of rotatable bonds is 3. The van der Waals surface area contributed by atoms with E-state index in [0.717, 1.165) is 37.1 Å². The van der Waals surface area contributed by atoms with Gasteiger partial charge in [0.05, 0.1) is 4.90 Å². The number of likely N-dealkylation sites (N-methyl/N-ethyl adjacent to an activating group) is 1. The molecule has 0 aliphatic carbocycles. The lowest BCUT2D eigenvalue weighted by Gasteiger charge is -2.32. The van der Waals surface area contributed by atoms with Gasteiger partial charge in [0.2, 0.25) is 10.0 Å². The Balaban J connectivity index is 1.60. The second-order valence-corrected chi connectivity index (χ2v) is 10.2. The summed E-state index contributed by atoms with van der Waals surface area (Å²) in [5, 5.41) is 0. The van der Waals surface area contributed by atoms with Crippen LogP contribution in [0.3, 0.4) is 0 Å². The summed E-state index contributed by atoms with van der Waals surface area (Å²) in [5.41, 5.74) is 2.64. The third-order valence-corrected chi connectivity index (χ3v) is 8.20. The van der Waals surface area contributed by atoms with Crippen molar-refractivity contribution in [2.75, 3.05) is 31.6 Å². The van der Waals surface area contributed by atoms with Gasteiger partial charge in [-0.3, -0.25) is 4.79 Å². The third kappa shape index (κ3) is 3.96. The molecule has 2 aromatic carbocycles. The Morgan fingerprint density at radius 3 is 2.60 bits per heavy atom. The molecule has 0 spiro atoms. The van der Waals surface area contributed by atoms with Crippen LogP contribution in [0.4, 0.5) is 5.69 Å². The Bertz CT molecular complexity index is 1040. The summed E-state index contributed by atoms with van der Waals surface area (Å²) < 4.78 is 28.0. The molecule has 1 amide bonds. The van der Waals surface area contributed by atoms with Gasteiger partial charge in [-0.25, -0.2) is 8.42 Å². The van der Waals surface area contributed by atoms with Gasteiger partial charge in [0.1, 0.15) is 0 Å². The van der Waals surface area contributed by atoms with Crippen LogP contribution in [0.15, 0.2) is 53.4 Å². The fraction of sp³-hybridized carbons (Fsp3) is 0.435. The topological polar surface area (TPSA) is 60.9 Å². The number of carbonyl (C=O) groups excluding carboxylic acids is 1. The summed E-state index contributed by atoms with van der Waals surface area (Å²) in [6.07, 6.45) is 2.80. The molecule has 2 aliphatic rings. The molecule has 2 aromatic rings. The first kappa shape index (κ1) is 20.9. The molecular formula is C23H29N3O3S. The molecule has 1 saturated heterocycles. The predicted octanol–water partition coefficient (Wildman–Crippen LogP) is 3.34. The quantitative estimate of drug-likeness (QED) is 0.754. The number of para-hydroxylation sites is 1. The summed E-state index contributed by atoms with van der Waals surface area (Å²) in [4.78, 5) is 17.4. The van der Waals surface area contributed by atoms with E-state index in [-0.39, 0.29) is 16.8 Å². The van der Waals surface area contributed by atoms with Crippen molar-refractivity contribution in [2.45, 2.75) is 43.7 Å². The minimum absolute atomic E-state index is 0.0132. The highest BCUT2D eigenvalue weighted by molar-refractivity contribution is 7.89. The van der Waals surface area contributed by atoms with Gasteiger partial charge in [-0.2, -0.15) is 4.31 Å². The Hall–Kier alpha value is -2.38. The first-order valence-electron chi connectivity index (χ1n) is 10.6. The number of hydrogen-bond donors (Lipinski definition) is 0. The lowest BCUT2D eigenvalue weighted by molar-refractivity contribution is 0.0751. The zero-order valence-electron chi connectivity index (χ0n) is 17.6. The number of fused-ring (bicyclic) bond motifs is 1. The Morgan fingerprint density at radius 1 is 1.00 bits per heavy atom. The molecule has 0 bridgehead atoms. The molecule has 1 atom stereocenters. The highest BCUT2D eigenvalue weighted by Gasteiger charge is 2.31. The van der Waals surface area contributed by atoms with E-state index >= 15 is 0 Å². The summed E-state index contributed by atoms with van der Waals surface area (Å²) in [6.45, 7) is 4.32. The Kier molecular flexibility index (Phi) is 5.84. The monoisotopic (exact) mass is 427 g/mol. The number of carbonyl (C=O) groups is 1. The minimum Gasteiger partial charge on any atom is -0.373 e. The number of benzene rings is 2. The third-order valence-electron chi connectivity index (χ3n) is 6.19. The van der Waals surface area contributed by atoms with Crippen LogP contribution >= 0.6 is 0 Å². The van der Waals surface area contributed by atoms with Gasteiger partial charge >= 0.3 is 0 Å². The Labute approximate surface area is 179 Å². The molecule has 0 aromatic heterocycles. The molecule has 1 unspecified atom stereocenters. The van der Waals surface area contributed by atoms with Gasteiger partial charge in [0.15, 0.2) is 0 Å². The normalized spacial score (nSPS) is 20.5. The van der Waals surface area contributed by atoms with E-state index in [4.69, 9.17) is 0 Å². The van der Waals surface area contributed by atoms with Gasteiger partial charge in [-0.05, 0) is 49.6 Å². The van der Waals surface area contributed by atoms with Crippen molar-refractivity contribution < 1.29 is 13.2 Å². The molecule has 0 N–H and O–H groups in total. The average molecular weight is 428 g/mol. The van der Waals surface area contributed by atoms with Crippen LogP contribution < -0.4 is 4.90 Å². The molecule has 6 nitrogen and oxygen atoms in total. The van der Waals surface area contributed by atoms with Gasteiger partial charge < -0.3 is 9.80 Å². The van der Waals surface area contributed by atoms with E-state index in [0.29, 0.717) is 25.2 Å². The van der Waals surface area contributed by atoms with Crippen molar-refractivity contribution in [1.29, 1.82) is 0 Å². The molecule has 1 fully saturated rings. The van der Waals surface area contributed by atoms with Crippen LogP contribution in [0.5, 0.6) is 0 Å². The SMILES string of the molecule is CC1CCCCN1S(=O)(=O)c1cccc(C(=O)N2CCN(C)c3ccccc3C2)c1. The van der Waals surface area contributed by atoms with Crippen LogP contribution in [-0.4, -0.2) is 56.3 Å². The molecule has 30 heavy (non-hydrogen) atoms. The van der Waals surface area contributed by atoms with Gasteiger partial charge in [-0.15, -0.1) is 0 Å². The number of nitrogens with zero attached hydrogens (tertiary/aromatic N) is 3. The average Bonchev–Trinajstić information content (AvgIpc) is 2.93. The van der Waals surface area contributed by atoms with Gasteiger partial charge in [0.25, 0.3) is 5.91 Å². The van der Waals surface area contributed by atoms with E-state index in [9.17, 15) is 13.2 Å². The highest BCUT2D eigenvalue weighted by Crippen LogP contribution is 2.27. The summed E-state index contributed by atoms with van der Waals surface area (Å²) in [6, 6.07) is 14.6. The first-order chi connectivity index (χ1) is 14.4. The van der Waals surface area contributed by atoms with Crippen LogP contribution in [0.2, 0.25) is 0 Å². The second-order valence-electron chi connectivity index (χ2n) is 8.27. The Morgan fingerprint density at radius 2 is 1.80 bits per heavy atom. The smallest absolute Gasteiger partial charge is 0.254 e. The fourth-order valence-electron chi connectivity index (χ4n) is 4.40. The standard InChI is InChI=1S/C23H29N3O3S/c1-18-8-5-6-13-26(18)30(28,29)21-11-7-10-19(16-21)23(27)25-15-14-24(2)22-12-4-3-9-20(22)17-25/h3-4,7,9-12,16,18H,5-6,8,13-15,17H2,1-2H3. The van der Waals surface area contributed by atoms with Crippen molar-refractivity contribution in [3.8, 4) is 0 Å². The van der Waals surface area contributed by atoms with Crippen LogP contribution in [0, 0.1) is 0 Å². The fourth-order valence-corrected chi connectivity index (χ4v) is 6.15. The summed E-state index contributed by atoms with van der Waals surface area (Å²) >= 11 is 0. The van der Waals surface area contributed by atoms with Crippen molar-refractivity contribution >= 4 is 21.6 Å². The predicted molar refractivity (Wildman–Crippen MR) is 118 cm³/mol. The van der Waals surface area contributed by atoms with Gasteiger partial charge in [0, 0.05) is 50.5 Å². The molecule has 0 radical (unpaired) electrons. The van der Waals surface area contributed by atoms with Crippen LogP contribution in [-0.2, 0) is 16.6 Å². The lowest BCUT2D eigenvalue weighted by Crippen LogP contribution is -2.42. The molecule has 0 saturated carbocycles. The molecule has 160 valence electrons. The second kappa shape index (κ2) is 8.40. The minimum atomic E-state index is -3.61. The van der Waals surface area contributed by atoms with Crippen molar-refractivity contribution in [2.24, 2.45) is 0 Å². The van der Waals surface area contributed by atoms with E-state index < -0.39 is 10.0 Å². The molecule has 4 rings (SSSR count). The van der Waals surface area contributed by atoms with E-state index in [1.165, 1.54) is 0 Å². The molecule has 2 aliphatic heterocycles. The lowest BCUT2D eigenvalue weighted by atomic mass is 10.1. The number of anilines is 1. The number of piperidine rings is 1. The van der Waals surface area contributed by atoms with Crippen LogP contribution in [0.25, 0.3) is 0 Å². The molecule has 7 heteroatoms. The summed E-state index contributed by atoms with van der Waals surface area (Å²) in [7, 11) is -1.58. The van der Waals surface area contributed by atoms with E-state index in [1.54, 1.807) is 33.5 Å². The summed E-state index contributed by atoms with van der Waals surface area (Å²) in [5.74, 6) is -0.135. The maximum Gasteiger partial charge on any atom is 0.254 e. The van der Waals surface area contributed by atoms with Crippen LogP contribution in [0.1, 0.15) is 42.1 Å². The zero-order valence-corrected chi connectivity index (χ0v) is 18.4. The van der Waals surface area contributed by atoms with Crippen molar-refractivity contribution in [1.82, 2.24) is 9.21 Å². The van der Waals surface area contributed by atoms with Crippen molar-refractivity contribution in [3.05, 3.63) is 59.7 Å². The molecule has 2 heterocycles. The van der Waals surface area contributed by atoms with E-state index in [1.807, 2.05) is 32.2 Å². The molecular weight excluding hydrogens is 398 g/mol. The van der Waals surface area contributed by atoms with Crippen molar-refractivity contribution in [3.63, 3.8) is 0 Å². The number of amides is 1. The van der Waals surface area contributed by atoms with Gasteiger partial charge in [-0.1, -0.05) is 30.7 Å². The largest absolute Gasteiger partial charge is 0.373 e. The maximum absolute atomic E-state index is 13.3.